The number of rotatable bonds is 6. The predicted octanol–water partition coefficient (Wildman–Crippen LogP) is 2.25. The molecule has 1 aliphatic rings. The van der Waals surface area contributed by atoms with E-state index >= 15 is 0 Å². The van der Waals surface area contributed by atoms with Gasteiger partial charge in [-0.1, -0.05) is 24.3 Å². The number of methoxy groups -OCH3 is 1. The van der Waals surface area contributed by atoms with E-state index in [2.05, 4.69) is 5.32 Å². The number of hydrogen-bond donors (Lipinski definition) is 2. The van der Waals surface area contributed by atoms with E-state index in [9.17, 15) is 5.11 Å². The van der Waals surface area contributed by atoms with Crippen LogP contribution in [0.4, 0.5) is 0 Å². The Morgan fingerprint density at radius 1 is 1.18 bits per heavy atom. The summed E-state index contributed by atoms with van der Waals surface area (Å²) in [4.78, 5) is 0. The third-order valence-electron chi connectivity index (χ3n) is 3.63. The van der Waals surface area contributed by atoms with E-state index in [1.807, 2.05) is 42.5 Å². The third-order valence-corrected chi connectivity index (χ3v) is 3.63. The second-order valence-electron chi connectivity index (χ2n) is 5.07. The second-order valence-corrected chi connectivity index (χ2v) is 5.07. The van der Waals surface area contributed by atoms with Crippen LogP contribution in [-0.4, -0.2) is 25.6 Å². The van der Waals surface area contributed by atoms with Gasteiger partial charge in [-0.15, -0.1) is 0 Å². The number of benzene rings is 2. The van der Waals surface area contributed by atoms with Gasteiger partial charge in [-0.3, -0.25) is 0 Å². The maximum atomic E-state index is 10.2. The Morgan fingerprint density at radius 3 is 2.77 bits per heavy atom. The molecule has 5 nitrogen and oxygen atoms in total. The van der Waals surface area contributed by atoms with E-state index < -0.39 is 6.10 Å². The Kier molecular flexibility index (Phi) is 4.46. The Balaban J connectivity index is 1.55. The van der Waals surface area contributed by atoms with E-state index in [4.69, 9.17) is 14.2 Å². The molecule has 0 radical (unpaired) electrons. The molecule has 5 heteroatoms. The van der Waals surface area contributed by atoms with Crippen LogP contribution in [-0.2, 0) is 6.54 Å². The molecule has 0 saturated heterocycles. The van der Waals surface area contributed by atoms with Crippen molar-refractivity contribution in [1.29, 1.82) is 0 Å². The summed E-state index contributed by atoms with van der Waals surface area (Å²) in [6.07, 6.45) is -0.570. The number of para-hydroxylation sites is 1. The van der Waals surface area contributed by atoms with Gasteiger partial charge in [0.05, 0.1) is 13.2 Å². The molecule has 1 heterocycles. The lowest BCUT2D eigenvalue weighted by Gasteiger charge is -2.13. The lowest BCUT2D eigenvalue weighted by atomic mass is 10.1. The lowest BCUT2D eigenvalue weighted by molar-refractivity contribution is 0.170. The quantitative estimate of drug-likeness (QED) is 0.857. The number of nitrogens with one attached hydrogen (secondary N) is 1. The first-order chi connectivity index (χ1) is 10.8. The predicted molar refractivity (Wildman–Crippen MR) is 82.2 cm³/mol. The molecule has 3 rings (SSSR count). The van der Waals surface area contributed by atoms with Crippen LogP contribution in [0, 0.1) is 0 Å². The zero-order valence-corrected chi connectivity index (χ0v) is 12.4. The highest BCUT2D eigenvalue weighted by Gasteiger charge is 2.17. The first kappa shape index (κ1) is 14.7. The smallest absolute Gasteiger partial charge is 0.231 e. The first-order valence-corrected chi connectivity index (χ1v) is 7.18. The molecule has 0 unspecified atom stereocenters. The average Bonchev–Trinajstić information content (AvgIpc) is 3.04. The fourth-order valence-corrected chi connectivity index (χ4v) is 2.42. The molecule has 0 fully saturated rings. The highest BCUT2D eigenvalue weighted by Crippen LogP contribution is 2.35. The van der Waals surface area contributed by atoms with Gasteiger partial charge >= 0.3 is 0 Å². The Labute approximate surface area is 129 Å². The Bertz CT molecular complexity index is 627. The molecule has 1 atom stereocenters. The normalized spacial score (nSPS) is 13.9. The fourth-order valence-electron chi connectivity index (χ4n) is 2.42. The van der Waals surface area contributed by atoms with Crippen molar-refractivity contribution in [3.8, 4) is 17.2 Å². The van der Waals surface area contributed by atoms with Crippen molar-refractivity contribution >= 4 is 0 Å². The van der Waals surface area contributed by atoms with Crippen LogP contribution in [0.15, 0.2) is 42.5 Å². The van der Waals surface area contributed by atoms with Gasteiger partial charge in [-0.25, -0.2) is 0 Å². The minimum Gasteiger partial charge on any atom is -0.497 e. The molecule has 116 valence electrons. The zero-order valence-electron chi connectivity index (χ0n) is 12.4. The average molecular weight is 301 g/mol. The summed E-state index contributed by atoms with van der Waals surface area (Å²) in [6, 6.07) is 13.2. The highest BCUT2D eigenvalue weighted by atomic mass is 16.7. The SMILES string of the molecule is COc1ccc([C@@H](O)CNCc2cccc3c2OCO3)cc1. The summed E-state index contributed by atoms with van der Waals surface area (Å²) in [5.74, 6) is 2.34. The molecule has 22 heavy (non-hydrogen) atoms. The maximum Gasteiger partial charge on any atom is 0.231 e. The standard InChI is InChI=1S/C17H19NO4/c1-20-14-7-5-12(6-8-14)15(19)10-18-9-13-3-2-4-16-17(13)22-11-21-16/h2-8,15,18-19H,9-11H2,1H3/t15-/m0/s1. The summed E-state index contributed by atoms with van der Waals surface area (Å²) >= 11 is 0. The summed E-state index contributed by atoms with van der Waals surface area (Å²) < 4.78 is 15.9. The molecular formula is C17H19NO4. The van der Waals surface area contributed by atoms with Crippen LogP contribution in [0.2, 0.25) is 0 Å². The minimum absolute atomic E-state index is 0.265. The molecule has 0 amide bonds. The van der Waals surface area contributed by atoms with Crippen molar-refractivity contribution in [3.05, 3.63) is 53.6 Å². The summed E-state index contributed by atoms with van der Waals surface area (Å²) in [5, 5.41) is 13.4. The van der Waals surface area contributed by atoms with Gasteiger partial charge in [0, 0.05) is 18.7 Å². The number of aliphatic hydroxyl groups is 1. The van der Waals surface area contributed by atoms with Crippen LogP contribution < -0.4 is 19.5 Å². The first-order valence-electron chi connectivity index (χ1n) is 7.18. The largest absolute Gasteiger partial charge is 0.497 e. The molecule has 2 aromatic carbocycles. The number of ether oxygens (including phenoxy) is 3. The molecule has 0 bridgehead atoms. The topological polar surface area (TPSA) is 60.0 Å². The zero-order chi connectivity index (χ0) is 15.4. The van der Waals surface area contributed by atoms with Crippen LogP contribution >= 0.6 is 0 Å². The van der Waals surface area contributed by atoms with Gasteiger partial charge in [0.25, 0.3) is 0 Å². The summed E-state index contributed by atoms with van der Waals surface area (Å²) in [7, 11) is 1.62. The van der Waals surface area contributed by atoms with Gasteiger partial charge in [0.1, 0.15) is 5.75 Å². The molecule has 0 aliphatic carbocycles. The van der Waals surface area contributed by atoms with E-state index in [0.717, 1.165) is 28.4 Å². The fraction of sp³-hybridized carbons (Fsp3) is 0.294. The molecular weight excluding hydrogens is 282 g/mol. The second kappa shape index (κ2) is 6.68. The molecule has 0 aromatic heterocycles. The van der Waals surface area contributed by atoms with Gasteiger partial charge in [0.2, 0.25) is 6.79 Å². The van der Waals surface area contributed by atoms with Crippen LogP contribution in [0.25, 0.3) is 0 Å². The molecule has 1 aliphatic heterocycles. The van der Waals surface area contributed by atoms with E-state index in [-0.39, 0.29) is 6.79 Å². The number of fused-ring (bicyclic) bond motifs is 1. The summed E-state index contributed by atoms with van der Waals surface area (Å²) in [6.45, 7) is 1.33. The van der Waals surface area contributed by atoms with E-state index in [0.29, 0.717) is 13.1 Å². The number of hydrogen-bond acceptors (Lipinski definition) is 5. The molecule has 0 spiro atoms. The van der Waals surface area contributed by atoms with Crippen molar-refractivity contribution in [2.75, 3.05) is 20.4 Å². The highest BCUT2D eigenvalue weighted by molar-refractivity contribution is 5.48. The van der Waals surface area contributed by atoms with Crippen molar-refractivity contribution in [2.24, 2.45) is 0 Å². The monoisotopic (exact) mass is 301 g/mol. The maximum absolute atomic E-state index is 10.2. The van der Waals surface area contributed by atoms with E-state index in [1.165, 1.54) is 0 Å². The van der Waals surface area contributed by atoms with Crippen LogP contribution in [0.5, 0.6) is 17.2 Å². The van der Waals surface area contributed by atoms with Crippen molar-refractivity contribution in [1.82, 2.24) is 5.32 Å². The van der Waals surface area contributed by atoms with Crippen LogP contribution in [0.1, 0.15) is 17.2 Å². The Hall–Kier alpha value is -2.24. The third kappa shape index (κ3) is 3.16. The van der Waals surface area contributed by atoms with Crippen molar-refractivity contribution in [2.45, 2.75) is 12.6 Å². The van der Waals surface area contributed by atoms with Crippen molar-refractivity contribution < 1.29 is 19.3 Å². The van der Waals surface area contributed by atoms with Gasteiger partial charge in [0.15, 0.2) is 11.5 Å². The van der Waals surface area contributed by atoms with Gasteiger partial charge in [-0.05, 0) is 23.8 Å². The minimum atomic E-state index is -0.570. The van der Waals surface area contributed by atoms with Gasteiger partial charge in [-0.2, -0.15) is 0 Å². The lowest BCUT2D eigenvalue weighted by Crippen LogP contribution is -2.21. The Morgan fingerprint density at radius 2 is 2.00 bits per heavy atom. The number of aliphatic hydroxyl groups excluding tert-OH is 1. The van der Waals surface area contributed by atoms with Crippen LogP contribution in [0.3, 0.4) is 0 Å². The molecule has 2 aromatic rings. The van der Waals surface area contributed by atoms with Gasteiger partial charge < -0.3 is 24.6 Å². The molecule has 2 N–H and O–H groups in total. The molecule has 0 saturated carbocycles. The van der Waals surface area contributed by atoms with Crippen molar-refractivity contribution in [3.63, 3.8) is 0 Å². The summed E-state index contributed by atoms with van der Waals surface area (Å²) in [5.41, 5.74) is 1.88. The van der Waals surface area contributed by atoms with E-state index in [1.54, 1.807) is 7.11 Å².